The highest BCUT2D eigenvalue weighted by Crippen LogP contribution is 2.34. The lowest BCUT2D eigenvalue weighted by molar-refractivity contribution is 0.225. The quantitative estimate of drug-likeness (QED) is 0.448. The average molecular weight is 254 g/mol. The van der Waals surface area contributed by atoms with Crippen molar-refractivity contribution in [2.24, 2.45) is 23.3 Å². The number of hydrogen-bond acceptors (Lipinski definition) is 4. The van der Waals surface area contributed by atoms with E-state index in [1.165, 1.54) is 57.8 Å². The summed E-state index contributed by atoms with van der Waals surface area (Å²) < 4.78 is 0. The van der Waals surface area contributed by atoms with Crippen molar-refractivity contribution in [2.45, 2.75) is 69.9 Å². The van der Waals surface area contributed by atoms with Gasteiger partial charge < -0.3 is 11.5 Å². The largest absolute Gasteiger partial charge is 0.328 e. The molecule has 2 aliphatic rings. The van der Waals surface area contributed by atoms with E-state index in [4.69, 9.17) is 22.5 Å². The Bertz CT molecular complexity index is 226. The maximum absolute atomic E-state index is 5.93. The molecule has 0 spiro atoms. The Morgan fingerprint density at radius 2 is 1.00 bits per heavy atom. The van der Waals surface area contributed by atoms with Crippen LogP contribution in [-0.2, 0) is 0 Å². The molecule has 0 unspecified atom stereocenters. The first kappa shape index (κ1) is 15.3. The van der Waals surface area contributed by atoms with Crippen molar-refractivity contribution in [3.05, 3.63) is 0 Å². The predicted octanol–water partition coefficient (Wildman–Crippen LogP) is 2.53. The van der Waals surface area contributed by atoms with Gasteiger partial charge in [0.25, 0.3) is 0 Å². The molecule has 0 aromatic heterocycles. The normalized spacial score (nSPS) is 36.1. The molecule has 2 rings (SSSR count). The summed E-state index contributed by atoms with van der Waals surface area (Å²) in [6.45, 7) is 0. The summed E-state index contributed by atoms with van der Waals surface area (Å²) in [5.74, 6) is 1.95. The molecule has 2 saturated carbocycles. The Morgan fingerprint density at radius 3 is 1.28 bits per heavy atom. The van der Waals surface area contributed by atoms with Gasteiger partial charge in [-0.1, -0.05) is 0 Å². The van der Waals surface area contributed by atoms with Crippen molar-refractivity contribution >= 4 is 0 Å². The Morgan fingerprint density at radius 1 is 0.722 bits per heavy atom. The number of nitrogens with one attached hydrogen (secondary N) is 2. The van der Waals surface area contributed by atoms with Crippen LogP contribution in [0.1, 0.15) is 57.8 Å². The second kappa shape index (κ2) is 8.35. The molecule has 2 fully saturated rings. The van der Waals surface area contributed by atoms with Crippen LogP contribution in [0.3, 0.4) is 0 Å². The minimum Gasteiger partial charge on any atom is -0.328 e. The van der Waals surface area contributed by atoms with Gasteiger partial charge in [0.1, 0.15) is 11.1 Å². The molecule has 0 aromatic rings. The van der Waals surface area contributed by atoms with Crippen LogP contribution in [0.25, 0.3) is 0 Å². The van der Waals surface area contributed by atoms with Crippen molar-refractivity contribution in [3.63, 3.8) is 0 Å². The highest BCUT2D eigenvalue weighted by Gasteiger charge is 2.24. The number of rotatable bonds is 2. The zero-order valence-corrected chi connectivity index (χ0v) is 11.3. The first-order valence-electron chi connectivity index (χ1n) is 7.20. The van der Waals surface area contributed by atoms with Crippen LogP contribution in [0, 0.1) is 22.9 Å². The Kier molecular flexibility index (Phi) is 7.09. The van der Waals surface area contributed by atoms with Crippen LogP contribution in [0.2, 0.25) is 0 Å². The maximum Gasteiger partial charge on any atom is 0.211 e. The fourth-order valence-corrected chi connectivity index (χ4v) is 3.32. The van der Waals surface area contributed by atoms with E-state index < -0.39 is 0 Å². The average Bonchev–Trinajstić information content (AvgIpc) is 2.36. The minimum atomic E-state index is 0.501. The Balaban J connectivity index is 0.000000492. The van der Waals surface area contributed by atoms with E-state index in [0.717, 1.165) is 11.8 Å². The highest BCUT2D eigenvalue weighted by molar-refractivity contribution is 4.80. The van der Waals surface area contributed by atoms with E-state index in [9.17, 15) is 0 Å². The summed E-state index contributed by atoms with van der Waals surface area (Å²) in [6.07, 6.45) is 12.0. The van der Waals surface area contributed by atoms with Gasteiger partial charge in [-0.2, -0.15) is 0 Å². The second-order valence-corrected chi connectivity index (χ2v) is 5.91. The minimum absolute atomic E-state index is 0.501. The molecule has 0 bridgehead atoms. The Labute approximate surface area is 110 Å². The maximum atomic E-state index is 5.93. The molecule has 18 heavy (non-hydrogen) atoms. The fourth-order valence-electron chi connectivity index (χ4n) is 3.32. The lowest BCUT2D eigenvalue weighted by Crippen LogP contribution is -2.30. The van der Waals surface area contributed by atoms with E-state index in [-0.39, 0.29) is 0 Å². The smallest absolute Gasteiger partial charge is 0.211 e. The predicted molar refractivity (Wildman–Crippen MR) is 72.1 cm³/mol. The van der Waals surface area contributed by atoms with Crippen LogP contribution in [0.4, 0.5) is 0 Å². The van der Waals surface area contributed by atoms with E-state index in [0.29, 0.717) is 12.1 Å². The summed E-state index contributed by atoms with van der Waals surface area (Å²) in [6, 6.07) is 1.00. The van der Waals surface area contributed by atoms with Gasteiger partial charge in [-0.25, -0.2) is 0 Å². The molecule has 0 amide bonds. The van der Waals surface area contributed by atoms with Crippen molar-refractivity contribution in [3.8, 4) is 0 Å². The number of nitrogens with two attached hydrogens (primary N) is 2. The van der Waals surface area contributed by atoms with Gasteiger partial charge in [-0.3, -0.25) is 0 Å². The summed E-state index contributed by atoms with van der Waals surface area (Å²) in [5, 5.41) is 0. The SMILES string of the molecule is N=[N+]=N.NC1CCC(CC2CCC(N)CC2)CC1. The van der Waals surface area contributed by atoms with Gasteiger partial charge in [0.05, 0.1) is 0 Å². The monoisotopic (exact) mass is 254 g/mol. The fraction of sp³-hybridized carbons (Fsp3) is 1.00. The molecular formula is C13H28N5+. The third-order valence-corrected chi connectivity index (χ3v) is 4.45. The summed E-state index contributed by atoms with van der Waals surface area (Å²) >= 11 is 0. The van der Waals surface area contributed by atoms with Crippen molar-refractivity contribution in [2.75, 3.05) is 0 Å². The molecule has 0 radical (unpaired) electrons. The van der Waals surface area contributed by atoms with E-state index in [2.05, 4.69) is 0 Å². The molecule has 0 saturated heterocycles. The lowest BCUT2D eigenvalue weighted by Gasteiger charge is -2.32. The summed E-state index contributed by atoms with van der Waals surface area (Å²) in [7, 11) is 0. The lowest BCUT2D eigenvalue weighted by atomic mass is 9.76. The molecule has 6 N–H and O–H groups in total. The number of hydrogen-bond donors (Lipinski definition) is 4. The molecule has 0 atom stereocenters. The van der Waals surface area contributed by atoms with E-state index >= 15 is 0 Å². The first-order valence-corrected chi connectivity index (χ1v) is 7.20. The molecule has 0 aromatic carbocycles. The van der Waals surface area contributed by atoms with Gasteiger partial charge in [-0.05, 0) is 69.6 Å². The van der Waals surface area contributed by atoms with Gasteiger partial charge in [0, 0.05) is 12.1 Å². The molecule has 2 aliphatic carbocycles. The van der Waals surface area contributed by atoms with E-state index in [1.54, 1.807) is 0 Å². The molecule has 5 nitrogen and oxygen atoms in total. The number of nitrogens with zero attached hydrogens (tertiary/aromatic N) is 1. The zero-order chi connectivity index (χ0) is 13.4. The molecule has 0 aliphatic heterocycles. The topological polar surface area (TPSA) is 114 Å². The van der Waals surface area contributed by atoms with Gasteiger partial charge in [0.2, 0.25) is 4.91 Å². The molecule has 0 heterocycles. The Hall–Kier alpha value is -0.770. The van der Waals surface area contributed by atoms with Crippen LogP contribution >= 0.6 is 0 Å². The first-order chi connectivity index (χ1) is 8.65. The van der Waals surface area contributed by atoms with Crippen LogP contribution < -0.4 is 16.4 Å². The van der Waals surface area contributed by atoms with E-state index in [1.807, 2.05) is 4.91 Å². The van der Waals surface area contributed by atoms with Crippen molar-refractivity contribution in [1.29, 1.82) is 11.1 Å². The summed E-state index contributed by atoms with van der Waals surface area (Å²) in [5.41, 5.74) is 22.9. The van der Waals surface area contributed by atoms with Crippen LogP contribution in [0.5, 0.6) is 0 Å². The second-order valence-electron chi connectivity index (χ2n) is 5.91. The van der Waals surface area contributed by atoms with Crippen molar-refractivity contribution < 1.29 is 0 Å². The zero-order valence-electron chi connectivity index (χ0n) is 11.3. The third kappa shape index (κ3) is 5.71. The van der Waals surface area contributed by atoms with Crippen LogP contribution in [-0.4, -0.2) is 12.1 Å². The summed E-state index contributed by atoms with van der Waals surface area (Å²) in [4.78, 5) is 2.00. The third-order valence-electron chi connectivity index (χ3n) is 4.45. The highest BCUT2D eigenvalue weighted by atomic mass is 15.0. The van der Waals surface area contributed by atoms with Gasteiger partial charge in [0.15, 0.2) is 0 Å². The van der Waals surface area contributed by atoms with Crippen LogP contribution in [0.15, 0.2) is 0 Å². The molecule has 104 valence electrons. The van der Waals surface area contributed by atoms with Gasteiger partial charge >= 0.3 is 0 Å². The standard InChI is InChI=1S/C13H26N2.H2N3/c14-12-5-1-10(2-6-12)9-11-3-7-13(15)8-4-11;1-3-2/h10-13H,1-9,14-15H2;1-2H/q;+1. The van der Waals surface area contributed by atoms with Crippen molar-refractivity contribution in [1.82, 2.24) is 4.91 Å². The molecule has 5 heteroatoms. The van der Waals surface area contributed by atoms with Gasteiger partial charge in [-0.15, -0.1) is 0 Å². The molecular weight excluding hydrogens is 226 g/mol.